The molecule has 0 atom stereocenters. The van der Waals surface area contributed by atoms with Gasteiger partial charge in [-0.25, -0.2) is 0 Å². The van der Waals surface area contributed by atoms with Gasteiger partial charge >= 0.3 is 0 Å². The summed E-state index contributed by atoms with van der Waals surface area (Å²) in [5.41, 5.74) is 1.52. The zero-order valence-corrected chi connectivity index (χ0v) is 18.1. The molecule has 1 spiro atoms. The van der Waals surface area contributed by atoms with Crippen molar-refractivity contribution in [3.8, 4) is 11.8 Å². The predicted molar refractivity (Wildman–Crippen MR) is 113 cm³/mol. The SMILES string of the molecule is Cc1ccc(C#CC2CC2)cc1C(F)(F)/C(=C/NCC1OCC2(CC2)CO1)C(C)C. The normalized spacial score (nSPS) is 21.5. The van der Waals surface area contributed by atoms with Gasteiger partial charge < -0.3 is 14.8 Å². The summed E-state index contributed by atoms with van der Waals surface area (Å²) in [4.78, 5) is 0. The van der Waals surface area contributed by atoms with Crippen molar-refractivity contribution in [3.05, 3.63) is 46.7 Å². The third kappa shape index (κ3) is 4.87. The van der Waals surface area contributed by atoms with E-state index in [1.165, 1.54) is 6.20 Å². The van der Waals surface area contributed by atoms with Crippen LogP contribution in [0.4, 0.5) is 8.78 Å². The van der Waals surface area contributed by atoms with Gasteiger partial charge in [-0.2, -0.15) is 8.78 Å². The fourth-order valence-corrected chi connectivity index (χ4v) is 3.70. The number of hydrogen-bond donors (Lipinski definition) is 1. The first-order valence-electron chi connectivity index (χ1n) is 11.0. The number of benzene rings is 1. The molecule has 3 nitrogen and oxygen atoms in total. The second-order valence-electron chi connectivity index (χ2n) is 9.36. The van der Waals surface area contributed by atoms with Gasteiger partial charge in [0, 0.05) is 34.2 Å². The molecular formula is C25H31F2NO2. The summed E-state index contributed by atoms with van der Waals surface area (Å²) < 4.78 is 42.6. The van der Waals surface area contributed by atoms with E-state index < -0.39 is 12.2 Å². The van der Waals surface area contributed by atoms with Crippen LogP contribution >= 0.6 is 0 Å². The van der Waals surface area contributed by atoms with Crippen LogP contribution in [0.5, 0.6) is 0 Å². The van der Waals surface area contributed by atoms with E-state index in [0.717, 1.165) is 25.7 Å². The molecule has 0 amide bonds. The number of ether oxygens (including phenoxy) is 2. The van der Waals surface area contributed by atoms with Crippen molar-refractivity contribution in [2.45, 2.75) is 58.7 Å². The number of rotatable bonds is 6. The molecule has 0 unspecified atom stereocenters. The minimum atomic E-state index is -3.09. The van der Waals surface area contributed by atoms with Gasteiger partial charge in [-0.3, -0.25) is 0 Å². The molecule has 30 heavy (non-hydrogen) atoms. The first-order chi connectivity index (χ1) is 14.3. The summed E-state index contributed by atoms with van der Waals surface area (Å²) in [6.45, 7) is 7.06. The minimum Gasteiger partial charge on any atom is -0.386 e. The summed E-state index contributed by atoms with van der Waals surface area (Å²) in [6, 6.07) is 5.11. The van der Waals surface area contributed by atoms with Crippen molar-refractivity contribution in [3.63, 3.8) is 0 Å². The van der Waals surface area contributed by atoms with Crippen molar-refractivity contribution >= 4 is 0 Å². The Morgan fingerprint density at radius 1 is 1.27 bits per heavy atom. The van der Waals surface area contributed by atoms with E-state index in [2.05, 4.69) is 17.2 Å². The Hall–Kier alpha value is -1.90. The monoisotopic (exact) mass is 415 g/mol. The lowest BCUT2D eigenvalue weighted by Gasteiger charge is -2.30. The molecule has 4 rings (SSSR count). The van der Waals surface area contributed by atoms with Crippen LogP contribution < -0.4 is 5.32 Å². The zero-order valence-electron chi connectivity index (χ0n) is 18.1. The van der Waals surface area contributed by atoms with E-state index >= 15 is 8.78 Å². The van der Waals surface area contributed by atoms with Crippen molar-refractivity contribution in [1.29, 1.82) is 0 Å². The van der Waals surface area contributed by atoms with Gasteiger partial charge in [0.05, 0.1) is 19.8 Å². The highest BCUT2D eigenvalue weighted by atomic mass is 19.3. The maximum absolute atomic E-state index is 15.6. The van der Waals surface area contributed by atoms with E-state index in [-0.39, 0.29) is 22.5 Å². The molecule has 5 heteroatoms. The molecule has 3 aliphatic rings. The molecule has 2 aliphatic carbocycles. The lowest BCUT2D eigenvalue weighted by Crippen LogP contribution is -2.39. The van der Waals surface area contributed by atoms with Crippen LogP contribution in [0.15, 0.2) is 30.0 Å². The Bertz CT molecular complexity index is 863. The topological polar surface area (TPSA) is 30.5 Å². The molecule has 0 bridgehead atoms. The van der Waals surface area contributed by atoms with E-state index in [1.807, 2.05) is 6.07 Å². The molecule has 1 aromatic carbocycles. The third-order valence-electron chi connectivity index (χ3n) is 6.21. The van der Waals surface area contributed by atoms with Crippen LogP contribution in [0.25, 0.3) is 0 Å². The van der Waals surface area contributed by atoms with Gasteiger partial charge in [-0.05, 0) is 56.2 Å². The van der Waals surface area contributed by atoms with E-state index in [0.29, 0.717) is 36.8 Å². The van der Waals surface area contributed by atoms with Crippen molar-refractivity contribution in [2.75, 3.05) is 19.8 Å². The van der Waals surface area contributed by atoms with Crippen LogP contribution in [0, 0.1) is 36.0 Å². The Morgan fingerprint density at radius 3 is 2.57 bits per heavy atom. The summed E-state index contributed by atoms with van der Waals surface area (Å²) >= 11 is 0. The molecule has 3 fully saturated rings. The fraction of sp³-hybridized carbons (Fsp3) is 0.600. The Kier molecular flexibility index (Phi) is 5.92. The van der Waals surface area contributed by atoms with Gasteiger partial charge in [-0.1, -0.05) is 31.8 Å². The first-order valence-corrected chi connectivity index (χ1v) is 11.0. The molecular weight excluding hydrogens is 384 g/mol. The molecule has 1 aliphatic heterocycles. The van der Waals surface area contributed by atoms with Crippen molar-refractivity contribution in [2.24, 2.45) is 17.3 Å². The van der Waals surface area contributed by atoms with Crippen LogP contribution in [-0.4, -0.2) is 26.0 Å². The van der Waals surface area contributed by atoms with E-state index in [4.69, 9.17) is 9.47 Å². The quantitative estimate of drug-likeness (QED) is 0.654. The second kappa shape index (κ2) is 8.32. The van der Waals surface area contributed by atoms with Gasteiger partial charge in [0.15, 0.2) is 6.29 Å². The summed E-state index contributed by atoms with van der Waals surface area (Å²) in [7, 11) is 0. The minimum absolute atomic E-state index is 0.0210. The maximum Gasteiger partial charge on any atom is 0.296 e. The van der Waals surface area contributed by atoms with Gasteiger partial charge in [0.25, 0.3) is 5.92 Å². The van der Waals surface area contributed by atoms with Crippen LogP contribution in [-0.2, 0) is 15.4 Å². The van der Waals surface area contributed by atoms with Gasteiger partial charge in [-0.15, -0.1) is 0 Å². The van der Waals surface area contributed by atoms with Crippen LogP contribution in [0.2, 0.25) is 0 Å². The van der Waals surface area contributed by atoms with Gasteiger partial charge in [0.1, 0.15) is 0 Å². The molecule has 2 saturated carbocycles. The zero-order chi connectivity index (χ0) is 21.4. The van der Waals surface area contributed by atoms with Crippen LogP contribution in [0.3, 0.4) is 0 Å². The largest absolute Gasteiger partial charge is 0.386 e. The summed E-state index contributed by atoms with van der Waals surface area (Å²) in [5.74, 6) is 3.24. The maximum atomic E-state index is 15.6. The van der Waals surface area contributed by atoms with E-state index in [9.17, 15) is 0 Å². The molecule has 1 heterocycles. The number of alkyl halides is 2. The predicted octanol–water partition coefficient (Wildman–Crippen LogP) is 5.13. The first kappa shape index (κ1) is 21.3. The smallest absolute Gasteiger partial charge is 0.296 e. The number of nitrogens with one attached hydrogen (secondary N) is 1. The van der Waals surface area contributed by atoms with Crippen LogP contribution in [0.1, 0.15) is 56.2 Å². The average Bonchev–Trinajstić information content (AvgIpc) is 3.63. The van der Waals surface area contributed by atoms with Crippen molar-refractivity contribution < 1.29 is 18.3 Å². The number of halogens is 2. The third-order valence-corrected chi connectivity index (χ3v) is 6.21. The summed E-state index contributed by atoms with van der Waals surface area (Å²) in [5, 5.41) is 3.02. The molecule has 0 aromatic heterocycles. The number of allylic oxidation sites excluding steroid dienone is 1. The molecule has 0 radical (unpaired) electrons. The number of hydrogen-bond acceptors (Lipinski definition) is 3. The highest BCUT2D eigenvalue weighted by Crippen LogP contribution is 2.48. The molecule has 162 valence electrons. The lowest BCUT2D eigenvalue weighted by atomic mass is 9.89. The summed E-state index contributed by atoms with van der Waals surface area (Å²) in [6.07, 6.45) is 5.59. The fourth-order valence-electron chi connectivity index (χ4n) is 3.70. The average molecular weight is 416 g/mol. The highest BCUT2D eigenvalue weighted by Gasteiger charge is 2.47. The van der Waals surface area contributed by atoms with Gasteiger partial charge in [0.2, 0.25) is 0 Å². The molecule has 1 saturated heterocycles. The lowest BCUT2D eigenvalue weighted by molar-refractivity contribution is -0.203. The standard InChI is InChI=1S/C25H31F2NO2/c1-17(2)22(13-28-14-23-29-15-24(10-11-24)16-30-23)25(26,27)21-12-20(5-4-18(21)3)9-8-19-6-7-19/h4-5,12-13,17,19,23,28H,6-7,10-11,14-16H2,1-3H3/b22-13+. The molecule has 1 aromatic rings. The highest BCUT2D eigenvalue weighted by molar-refractivity contribution is 5.45. The number of aryl methyl sites for hydroxylation is 1. The Labute approximate surface area is 178 Å². The Balaban J connectivity index is 1.47. The molecule has 1 N–H and O–H groups in total. The van der Waals surface area contributed by atoms with Crippen molar-refractivity contribution in [1.82, 2.24) is 5.32 Å². The second-order valence-corrected chi connectivity index (χ2v) is 9.36. The van der Waals surface area contributed by atoms with E-state index in [1.54, 1.807) is 32.9 Å². The Morgan fingerprint density at radius 2 is 1.97 bits per heavy atom.